The number of anilines is 2. The van der Waals surface area contributed by atoms with Gasteiger partial charge in [0.05, 0.1) is 13.2 Å². The van der Waals surface area contributed by atoms with E-state index in [0.29, 0.717) is 36.1 Å². The second-order valence-corrected chi connectivity index (χ2v) is 8.78. The summed E-state index contributed by atoms with van der Waals surface area (Å²) in [4.78, 5) is 24.3. The zero-order valence-electron chi connectivity index (χ0n) is 22.0. The number of amides is 2. The minimum atomic E-state index is -0.421. The molecular formula is C28H30N4O6S2. The number of hydrogen-bond acceptors (Lipinski definition) is 8. The van der Waals surface area contributed by atoms with Gasteiger partial charge >= 0.3 is 0 Å². The first-order chi connectivity index (χ1) is 19.3. The van der Waals surface area contributed by atoms with E-state index in [0.717, 1.165) is 11.5 Å². The SMILES string of the molecule is CCOc1ccc(NC(=S)NC(=O)COc2ccc(OCC(=O)NC(=S)Nc3ccc(OCC)cc3)cc2)cc1. The van der Waals surface area contributed by atoms with E-state index in [1.807, 2.05) is 13.8 Å². The van der Waals surface area contributed by atoms with Crippen LogP contribution in [0.25, 0.3) is 0 Å². The molecule has 40 heavy (non-hydrogen) atoms. The molecule has 0 heterocycles. The first kappa shape index (κ1) is 30.1. The third-order valence-corrected chi connectivity index (χ3v) is 5.32. The Balaban J connectivity index is 1.33. The average molecular weight is 583 g/mol. The summed E-state index contributed by atoms with van der Waals surface area (Å²) in [5.41, 5.74) is 1.43. The van der Waals surface area contributed by atoms with Crippen molar-refractivity contribution in [2.75, 3.05) is 37.1 Å². The Labute approximate surface area is 243 Å². The molecule has 0 atom stereocenters. The predicted octanol–water partition coefficient (Wildman–Crippen LogP) is 4.27. The van der Waals surface area contributed by atoms with Crippen LogP contribution in [0.4, 0.5) is 11.4 Å². The quantitative estimate of drug-likeness (QED) is 0.231. The van der Waals surface area contributed by atoms with Crippen LogP contribution in [0.5, 0.6) is 23.0 Å². The molecule has 0 spiro atoms. The molecule has 4 N–H and O–H groups in total. The number of ether oxygens (including phenoxy) is 4. The van der Waals surface area contributed by atoms with E-state index in [1.165, 1.54) is 0 Å². The second kappa shape index (κ2) is 15.9. The summed E-state index contributed by atoms with van der Waals surface area (Å²) in [6.07, 6.45) is 0. The number of benzene rings is 3. The van der Waals surface area contributed by atoms with Gasteiger partial charge in [-0.3, -0.25) is 20.2 Å². The van der Waals surface area contributed by atoms with E-state index in [-0.39, 0.29) is 23.4 Å². The lowest BCUT2D eigenvalue weighted by atomic mass is 10.3. The van der Waals surface area contributed by atoms with Gasteiger partial charge < -0.3 is 29.6 Å². The van der Waals surface area contributed by atoms with Gasteiger partial charge in [0.25, 0.3) is 11.8 Å². The maximum Gasteiger partial charge on any atom is 0.264 e. The number of nitrogens with one attached hydrogen (secondary N) is 4. The van der Waals surface area contributed by atoms with E-state index >= 15 is 0 Å². The van der Waals surface area contributed by atoms with Gasteiger partial charge in [-0.1, -0.05) is 0 Å². The molecule has 3 rings (SSSR count). The van der Waals surface area contributed by atoms with Gasteiger partial charge in [-0.15, -0.1) is 0 Å². The third-order valence-electron chi connectivity index (χ3n) is 4.92. The summed E-state index contributed by atoms with van der Waals surface area (Å²) in [5, 5.41) is 11.3. The van der Waals surface area contributed by atoms with E-state index in [4.69, 9.17) is 43.4 Å². The van der Waals surface area contributed by atoms with Crippen LogP contribution in [0.3, 0.4) is 0 Å². The fourth-order valence-electron chi connectivity index (χ4n) is 3.18. The van der Waals surface area contributed by atoms with Crippen molar-refractivity contribution in [3.05, 3.63) is 72.8 Å². The van der Waals surface area contributed by atoms with Crippen LogP contribution in [-0.4, -0.2) is 48.5 Å². The molecule has 0 bridgehead atoms. The number of hydrogen-bond donors (Lipinski definition) is 4. The Morgan fingerprint density at radius 1 is 0.550 bits per heavy atom. The molecule has 210 valence electrons. The Kier molecular flexibility index (Phi) is 11.9. The van der Waals surface area contributed by atoms with Crippen LogP contribution < -0.4 is 40.2 Å². The minimum Gasteiger partial charge on any atom is -0.494 e. The van der Waals surface area contributed by atoms with Crippen molar-refractivity contribution in [3.63, 3.8) is 0 Å². The highest BCUT2D eigenvalue weighted by atomic mass is 32.1. The van der Waals surface area contributed by atoms with Crippen LogP contribution >= 0.6 is 24.4 Å². The number of rotatable bonds is 12. The number of carbonyl (C=O) groups is 2. The summed E-state index contributed by atoms with van der Waals surface area (Å²) >= 11 is 10.3. The summed E-state index contributed by atoms with van der Waals surface area (Å²) < 4.78 is 21.8. The second-order valence-electron chi connectivity index (χ2n) is 7.97. The van der Waals surface area contributed by atoms with Gasteiger partial charge in [-0.25, -0.2) is 0 Å². The minimum absolute atomic E-state index is 0.147. The molecule has 2 amide bonds. The van der Waals surface area contributed by atoms with Gasteiger partial charge in [-0.05, 0) is 111 Å². The average Bonchev–Trinajstić information content (AvgIpc) is 2.93. The first-order valence-corrected chi connectivity index (χ1v) is 13.2. The van der Waals surface area contributed by atoms with Crippen molar-refractivity contribution in [1.82, 2.24) is 10.6 Å². The number of carbonyl (C=O) groups excluding carboxylic acids is 2. The zero-order chi connectivity index (χ0) is 28.7. The molecule has 3 aromatic carbocycles. The summed E-state index contributed by atoms with van der Waals surface area (Å²) in [7, 11) is 0. The molecule has 12 heteroatoms. The van der Waals surface area contributed by atoms with Crippen LogP contribution in [0.2, 0.25) is 0 Å². The number of thiocarbonyl (C=S) groups is 2. The van der Waals surface area contributed by atoms with Crippen LogP contribution in [0.15, 0.2) is 72.8 Å². The summed E-state index contributed by atoms with van der Waals surface area (Å²) in [6, 6.07) is 20.9. The van der Waals surface area contributed by atoms with Crippen molar-refractivity contribution in [2.45, 2.75) is 13.8 Å². The Morgan fingerprint density at radius 2 is 0.850 bits per heavy atom. The molecule has 0 saturated carbocycles. The van der Waals surface area contributed by atoms with Crippen molar-refractivity contribution in [2.24, 2.45) is 0 Å². The lowest BCUT2D eigenvalue weighted by Gasteiger charge is -2.12. The Hall–Kier alpha value is -4.42. The highest BCUT2D eigenvalue weighted by Crippen LogP contribution is 2.18. The monoisotopic (exact) mass is 582 g/mol. The van der Waals surface area contributed by atoms with Crippen molar-refractivity contribution < 1.29 is 28.5 Å². The van der Waals surface area contributed by atoms with Gasteiger partial charge in [0.1, 0.15) is 23.0 Å². The predicted molar refractivity (Wildman–Crippen MR) is 161 cm³/mol. The van der Waals surface area contributed by atoms with E-state index in [1.54, 1.807) is 72.8 Å². The molecule has 0 saturated heterocycles. The molecule has 0 radical (unpaired) electrons. The van der Waals surface area contributed by atoms with E-state index < -0.39 is 11.8 Å². The van der Waals surface area contributed by atoms with Gasteiger partial charge in [0.15, 0.2) is 23.4 Å². The third kappa shape index (κ3) is 10.8. The van der Waals surface area contributed by atoms with E-state index in [2.05, 4.69) is 21.3 Å². The molecule has 0 unspecified atom stereocenters. The van der Waals surface area contributed by atoms with Crippen LogP contribution in [-0.2, 0) is 9.59 Å². The van der Waals surface area contributed by atoms with Crippen LogP contribution in [0.1, 0.15) is 13.8 Å². The molecule has 10 nitrogen and oxygen atoms in total. The van der Waals surface area contributed by atoms with Gasteiger partial charge in [0, 0.05) is 11.4 Å². The Morgan fingerprint density at radius 3 is 1.18 bits per heavy atom. The highest BCUT2D eigenvalue weighted by Gasteiger charge is 2.09. The lowest BCUT2D eigenvalue weighted by molar-refractivity contribution is -0.122. The van der Waals surface area contributed by atoms with E-state index in [9.17, 15) is 9.59 Å². The molecule has 0 aliphatic heterocycles. The maximum atomic E-state index is 12.2. The lowest BCUT2D eigenvalue weighted by Crippen LogP contribution is -2.37. The fourth-order valence-corrected chi connectivity index (χ4v) is 3.65. The maximum absolute atomic E-state index is 12.2. The Bertz CT molecular complexity index is 1190. The standard InChI is InChI=1S/C28H30N4O6S2/c1-3-35-21-9-5-19(6-10-21)29-27(39)31-25(33)17-37-23-13-15-24(16-14-23)38-18-26(34)32-28(40)30-20-7-11-22(12-8-20)36-4-2/h5-16H,3-4,17-18H2,1-2H3,(H2,29,31,33,39)(H2,30,32,34,40). The largest absolute Gasteiger partial charge is 0.494 e. The van der Waals surface area contributed by atoms with Gasteiger partial charge in [-0.2, -0.15) is 0 Å². The van der Waals surface area contributed by atoms with Crippen molar-refractivity contribution >= 4 is 57.8 Å². The normalized spacial score (nSPS) is 10.1. The molecule has 0 fully saturated rings. The van der Waals surface area contributed by atoms with Crippen LogP contribution in [0, 0.1) is 0 Å². The summed E-state index contributed by atoms with van der Waals surface area (Å²) in [5.74, 6) is 1.53. The summed E-state index contributed by atoms with van der Waals surface area (Å²) in [6.45, 7) is 4.48. The zero-order valence-corrected chi connectivity index (χ0v) is 23.7. The molecular weight excluding hydrogens is 552 g/mol. The smallest absolute Gasteiger partial charge is 0.264 e. The van der Waals surface area contributed by atoms with Crippen molar-refractivity contribution in [3.8, 4) is 23.0 Å². The molecule has 0 aromatic heterocycles. The van der Waals surface area contributed by atoms with Crippen molar-refractivity contribution in [1.29, 1.82) is 0 Å². The topological polar surface area (TPSA) is 119 Å². The molecule has 3 aromatic rings. The fraction of sp³-hybridized carbons (Fsp3) is 0.214. The molecule has 0 aliphatic carbocycles. The highest BCUT2D eigenvalue weighted by molar-refractivity contribution is 7.80. The van der Waals surface area contributed by atoms with Gasteiger partial charge in [0.2, 0.25) is 0 Å². The molecule has 0 aliphatic rings. The first-order valence-electron chi connectivity index (χ1n) is 12.4.